The number of rotatable bonds is 4. The molecular weight excluding hydrogens is 170 g/mol. The smallest absolute Gasteiger partial charge is 0.356 e. The van der Waals surface area contributed by atoms with Gasteiger partial charge < -0.3 is 10.5 Å². The molecule has 0 unspecified atom stereocenters. The molecule has 1 aromatic rings. The van der Waals surface area contributed by atoms with Crippen molar-refractivity contribution in [2.45, 2.75) is 13.5 Å². The monoisotopic (exact) mass is 183 g/mol. The molecule has 0 aliphatic carbocycles. The van der Waals surface area contributed by atoms with Gasteiger partial charge in [0.15, 0.2) is 0 Å². The standard InChI is InChI=1S/C8H13N3O2/c1-2-13-8(12)7-3-5-10-11(7)6-4-9/h3,5H,2,4,6,9H2,1H3. The molecule has 0 fully saturated rings. The number of carbonyl (C=O) groups excluding carboxylic acids is 1. The van der Waals surface area contributed by atoms with E-state index < -0.39 is 0 Å². The minimum absolute atomic E-state index is 0.353. The summed E-state index contributed by atoms with van der Waals surface area (Å²) in [6.07, 6.45) is 1.56. The Morgan fingerprint density at radius 1 is 1.77 bits per heavy atom. The summed E-state index contributed by atoms with van der Waals surface area (Å²) in [7, 11) is 0. The first kappa shape index (κ1) is 9.73. The zero-order chi connectivity index (χ0) is 9.68. The zero-order valence-electron chi connectivity index (χ0n) is 7.56. The molecule has 0 aliphatic rings. The first-order chi connectivity index (χ1) is 6.29. The number of carbonyl (C=O) groups is 1. The molecule has 5 heteroatoms. The fourth-order valence-electron chi connectivity index (χ4n) is 1.01. The summed E-state index contributed by atoms with van der Waals surface area (Å²) in [6.45, 7) is 3.11. The molecule has 0 spiro atoms. The lowest BCUT2D eigenvalue weighted by Gasteiger charge is -2.04. The van der Waals surface area contributed by atoms with Gasteiger partial charge in [0.25, 0.3) is 0 Å². The summed E-state index contributed by atoms with van der Waals surface area (Å²) in [5.41, 5.74) is 5.80. The summed E-state index contributed by atoms with van der Waals surface area (Å²) in [5.74, 6) is -0.353. The van der Waals surface area contributed by atoms with Crippen molar-refractivity contribution in [1.29, 1.82) is 0 Å². The van der Waals surface area contributed by atoms with Crippen LogP contribution in [0, 0.1) is 0 Å². The van der Waals surface area contributed by atoms with E-state index in [1.807, 2.05) is 0 Å². The SMILES string of the molecule is CCOC(=O)c1ccnn1CCN. The molecule has 13 heavy (non-hydrogen) atoms. The molecule has 0 radical (unpaired) electrons. The van der Waals surface area contributed by atoms with Crippen LogP contribution in [0.4, 0.5) is 0 Å². The van der Waals surface area contributed by atoms with Gasteiger partial charge >= 0.3 is 5.97 Å². The Hall–Kier alpha value is -1.36. The van der Waals surface area contributed by atoms with Crippen LogP contribution in [0.5, 0.6) is 0 Å². The van der Waals surface area contributed by atoms with Crippen LogP contribution in [0.15, 0.2) is 12.3 Å². The van der Waals surface area contributed by atoms with Crippen molar-refractivity contribution in [3.63, 3.8) is 0 Å². The maximum atomic E-state index is 11.3. The zero-order valence-corrected chi connectivity index (χ0v) is 7.56. The van der Waals surface area contributed by atoms with Crippen molar-refractivity contribution >= 4 is 5.97 Å². The van der Waals surface area contributed by atoms with Crippen LogP contribution >= 0.6 is 0 Å². The Morgan fingerprint density at radius 3 is 3.15 bits per heavy atom. The predicted molar refractivity (Wildman–Crippen MR) is 47.2 cm³/mol. The van der Waals surface area contributed by atoms with Gasteiger partial charge in [-0.3, -0.25) is 4.68 Å². The van der Waals surface area contributed by atoms with Gasteiger partial charge in [-0.1, -0.05) is 0 Å². The van der Waals surface area contributed by atoms with Crippen LogP contribution in [0.3, 0.4) is 0 Å². The van der Waals surface area contributed by atoms with Gasteiger partial charge in [0, 0.05) is 12.7 Å². The second-order valence-corrected chi connectivity index (χ2v) is 2.45. The molecule has 1 aromatic heterocycles. The van der Waals surface area contributed by atoms with Crippen LogP contribution in [-0.2, 0) is 11.3 Å². The van der Waals surface area contributed by atoms with E-state index in [4.69, 9.17) is 10.5 Å². The highest BCUT2D eigenvalue weighted by molar-refractivity contribution is 5.87. The van der Waals surface area contributed by atoms with E-state index in [0.717, 1.165) is 0 Å². The fraction of sp³-hybridized carbons (Fsp3) is 0.500. The largest absolute Gasteiger partial charge is 0.461 e. The Bertz CT molecular complexity index is 283. The minimum atomic E-state index is -0.353. The number of nitrogens with zero attached hydrogens (tertiary/aromatic N) is 2. The fourth-order valence-corrected chi connectivity index (χ4v) is 1.01. The van der Waals surface area contributed by atoms with E-state index in [1.165, 1.54) is 4.68 Å². The van der Waals surface area contributed by atoms with Crippen LogP contribution in [-0.4, -0.2) is 28.9 Å². The van der Waals surface area contributed by atoms with Crippen molar-refractivity contribution in [3.8, 4) is 0 Å². The molecule has 72 valence electrons. The number of ether oxygens (including phenoxy) is 1. The normalized spacial score (nSPS) is 10.0. The number of hydrogen-bond donors (Lipinski definition) is 1. The maximum Gasteiger partial charge on any atom is 0.356 e. The average molecular weight is 183 g/mol. The van der Waals surface area contributed by atoms with Crippen LogP contribution in [0.2, 0.25) is 0 Å². The number of aromatic nitrogens is 2. The van der Waals surface area contributed by atoms with Crippen molar-refractivity contribution in [1.82, 2.24) is 9.78 Å². The van der Waals surface area contributed by atoms with E-state index in [1.54, 1.807) is 19.2 Å². The van der Waals surface area contributed by atoms with E-state index in [-0.39, 0.29) is 5.97 Å². The third-order valence-electron chi connectivity index (χ3n) is 1.54. The van der Waals surface area contributed by atoms with Gasteiger partial charge in [0.1, 0.15) is 5.69 Å². The van der Waals surface area contributed by atoms with Gasteiger partial charge in [-0.05, 0) is 13.0 Å². The molecule has 2 N–H and O–H groups in total. The van der Waals surface area contributed by atoms with Crippen molar-refractivity contribution in [2.75, 3.05) is 13.2 Å². The molecule has 0 bridgehead atoms. The summed E-state index contributed by atoms with van der Waals surface area (Å²) in [6, 6.07) is 1.62. The molecule has 0 saturated heterocycles. The number of hydrogen-bond acceptors (Lipinski definition) is 4. The highest BCUT2D eigenvalue weighted by Crippen LogP contribution is 2.00. The lowest BCUT2D eigenvalue weighted by molar-refractivity contribution is 0.0512. The molecule has 0 amide bonds. The third-order valence-corrected chi connectivity index (χ3v) is 1.54. The van der Waals surface area contributed by atoms with Crippen molar-refractivity contribution < 1.29 is 9.53 Å². The summed E-state index contributed by atoms with van der Waals surface area (Å²) < 4.78 is 6.37. The van der Waals surface area contributed by atoms with Crippen molar-refractivity contribution in [3.05, 3.63) is 18.0 Å². The Balaban J connectivity index is 2.74. The predicted octanol–water partition coefficient (Wildman–Crippen LogP) is 0.0185. The van der Waals surface area contributed by atoms with E-state index >= 15 is 0 Å². The lowest BCUT2D eigenvalue weighted by Crippen LogP contribution is -2.17. The Labute approximate surface area is 76.5 Å². The maximum absolute atomic E-state index is 11.3. The van der Waals surface area contributed by atoms with Gasteiger partial charge in [0.2, 0.25) is 0 Å². The molecule has 1 heterocycles. The highest BCUT2D eigenvalue weighted by Gasteiger charge is 2.11. The Morgan fingerprint density at radius 2 is 2.54 bits per heavy atom. The quantitative estimate of drug-likeness (QED) is 0.668. The van der Waals surface area contributed by atoms with Crippen molar-refractivity contribution in [2.24, 2.45) is 5.73 Å². The lowest BCUT2D eigenvalue weighted by atomic mass is 10.4. The molecule has 0 saturated carbocycles. The Kier molecular flexibility index (Phi) is 3.45. The molecule has 0 aliphatic heterocycles. The molecule has 5 nitrogen and oxygen atoms in total. The summed E-state index contributed by atoms with van der Waals surface area (Å²) >= 11 is 0. The molecule has 0 aromatic carbocycles. The first-order valence-corrected chi connectivity index (χ1v) is 4.18. The second-order valence-electron chi connectivity index (χ2n) is 2.45. The van der Waals surface area contributed by atoms with Gasteiger partial charge in [-0.15, -0.1) is 0 Å². The van der Waals surface area contributed by atoms with Crippen LogP contribution < -0.4 is 5.73 Å². The molecule has 1 rings (SSSR count). The minimum Gasteiger partial charge on any atom is -0.461 e. The third kappa shape index (κ3) is 2.29. The van der Waals surface area contributed by atoms with Crippen LogP contribution in [0.1, 0.15) is 17.4 Å². The van der Waals surface area contributed by atoms with Crippen LogP contribution in [0.25, 0.3) is 0 Å². The topological polar surface area (TPSA) is 70.1 Å². The summed E-state index contributed by atoms with van der Waals surface area (Å²) in [4.78, 5) is 11.3. The first-order valence-electron chi connectivity index (χ1n) is 4.18. The van der Waals surface area contributed by atoms with Gasteiger partial charge in [-0.25, -0.2) is 4.79 Å². The second kappa shape index (κ2) is 4.61. The number of nitrogens with two attached hydrogens (primary N) is 1. The molecular formula is C8H13N3O2. The molecule has 0 atom stereocenters. The van der Waals surface area contributed by atoms with Gasteiger partial charge in [0.05, 0.1) is 13.2 Å². The highest BCUT2D eigenvalue weighted by atomic mass is 16.5. The summed E-state index contributed by atoms with van der Waals surface area (Å²) in [5, 5.41) is 3.95. The van der Waals surface area contributed by atoms with E-state index in [2.05, 4.69) is 5.10 Å². The number of esters is 1. The van der Waals surface area contributed by atoms with E-state index in [0.29, 0.717) is 25.4 Å². The van der Waals surface area contributed by atoms with E-state index in [9.17, 15) is 4.79 Å². The van der Waals surface area contributed by atoms with Gasteiger partial charge in [-0.2, -0.15) is 5.10 Å². The average Bonchev–Trinajstić information content (AvgIpc) is 2.54.